The molecule has 0 aromatic heterocycles. The molecular weight excluding hydrogens is 751 g/mol. The van der Waals surface area contributed by atoms with Crippen LogP contribution in [0.5, 0.6) is 0 Å². The first kappa shape index (κ1) is 53.2. The Bertz CT molecular complexity index is 1300. The number of carbonyl (C=O) groups is 2. The van der Waals surface area contributed by atoms with E-state index in [-0.39, 0.29) is 56.6 Å². The van der Waals surface area contributed by atoms with Crippen LogP contribution in [0.1, 0.15) is 108 Å². The quantitative estimate of drug-likeness (QED) is 0.110. The van der Waals surface area contributed by atoms with E-state index in [9.17, 15) is 40.2 Å². The van der Waals surface area contributed by atoms with Crippen LogP contribution in [0.25, 0.3) is 0 Å². The van der Waals surface area contributed by atoms with Crippen molar-refractivity contribution in [3.05, 3.63) is 0 Å². The summed E-state index contributed by atoms with van der Waals surface area (Å²) < 4.78 is 37.6. The van der Waals surface area contributed by atoms with E-state index in [1.807, 2.05) is 30.7 Å². The van der Waals surface area contributed by atoms with Crippen LogP contribution >= 0.6 is 0 Å². The maximum absolute atomic E-state index is 14.3. The van der Waals surface area contributed by atoms with Gasteiger partial charge in [-0.05, 0) is 107 Å². The van der Waals surface area contributed by atoms with Crippen LogP contribution < -0.4 is 24.0 Å². The molecule has 3 heterocycles. The molecule has 3 fully saturated rings. The molecule has 17 heteroatoms. The molecule has 0 saturated carbocycles. The van der Waals surface area contributed by atoms with Gasteiger partial charge in [-0.25, -0.2) is 0 Å². The van der Waals surface area contributed by atoms with Gasteiger partial charge in [-0.1, -0.05) is 20.8 Å². The maximum atomic E-state index is 14.3. The van der Waals surface area contributed by atoms with Crippen LogP contribution in [0.4, 0.5) is 0 Å². The minimum absolute atomic E-state index is 0. The van der Waals surface area contributed by atoms with Gasteiger partial charge < -0.3 is 73.7 Å². The van der Waals surface area contributed by atoms with Crippen molar-refractivity contribution >= 4 is 11.9 Å². The van der Waals surface area contributed by atoms with E-state index < -0.39 is 108 Å². The number of aliphatic carboxylic acids is 1. The molecular formula is C41H75LiN2O14. The van der Waals surface area contributed by atoms with Gasteiger partial charge in [0.1, 0.15) is 30.0 Å². The number of methoxy groups -OCH3 is 1. The van der Waals surface area contributed by atoms with Gasteiger partial charge in [-0.3, -0.25) is 4.79 Å². The van der Waals surface area contributed by atoms with Gasteiger partial charge in [0.15, 0.2) is 12.6 Å². The molecule has 0 radical (unpaired) electrons. The standard InChI is InChI=1S/C41H76N2O14.Li/c1-14-29-41(10,51)34(47)26(6)43(12)21-22(2)19-39(8,50)36(57-38-32(46)28(18-23(3)53-38)42(11)17-15-16-30(44)45)24(4)33(25(5)37(49)55-29)56-31-20-40(9,52-13)35(48)27(7)54-31;/h22-29,31-36,38,46-48,50-51H,14-21H2,1-13H3,(H,44,45);/q;+1/p-1. The Morgan fingerprint density at radius 3 is 2.19 bits per heavy atom. The first-order chi connectivity index (χ1) is 26.3. The first-order valence-electron chi connectivity index (χ1n) is 20.8. The molecule has 334 valence electrons. The summed E-state index contributed by atoms with van der Waals surface area (Å²) in [5, 5.41) is 69.8. The van der Waals surface area contributed by atoms with E-state index >= 15 is 0 Å². The average Bonchev–Trinajstić information content (AvgIpc) is 3.12. The molecule has 18 atom stereocenters. The van der Waals surface area contributed by atoms with Crippen molar-refractivity contribution in [3.63, 3.8) is 0 Å². The number of aliphatic hydroxyl groups excluding tert-OH is 3. The molecule has 3 aliphatic heterocycles. The molecule has 0 bridgehead atoms. The van der Waals surface area contributed by atoms with Crippen molar-refractivity contribution in [1.29, 1.82) is 0 Å². The third-order valence-electron chi connectivity index (χ3n) is 13.0. The summed E-state index contributed by atoms with van der Waals surface area (Å²) in [6.07, 6.45) is -9.06. The summed E-state index contributed by atoms with van der Waals surface area (Å²) in [7, 11) is 5.10. The second-order valence-electron chi connectivity index (χ2n) is 18.2. The topological polar surface area (TPSA) is 220 Å². The predicted octanol–water partition coefficient (Wildman–Crippen LogP) is -2.19. The minimum Gasteiger partial charge on any atom is -0.550 e. The molecule has 0 aromatic rings. The van der Waals surface area contributed by atoms with E-state index in [4.69, 9.17) is 28.4 Å². The first-order valence-corrected chi connectivity index (χ1v) is 20.8. The van der Waals surface area contributed by atoms with E-state index in [0.29, 0.717) is 25.9 Å². The van der Waals surface area contributed by atoms with Crippen LogP contribution in [0.3, 0.4) is 0 Å². The normalized spacial score (nSPS) is 45.4. The molecule has 18 unspecified atom stereocenters. The van der Waals surface area contributed by atoms with Crippen LogP contribution in [-0.2, 0) is 38.0 Å². The second kappa shape index (κ2) is 21.9. The van der Waals surface area contributed by atoms with E-state index in [1.54, 1.807) is 55.5 Å². The van der Waals surface area contributed by atoms with Gasteiger partial charge in [-0.15, -0.1) is 0 Å². The molecule has 3 rings (SSSR count). The van der Waals surface area contributed by atoms with E-state index in [2.05, 4.69) is 0 Å². The summed E-state index contributed by atoms with van der Waals surface area (Å²) >= 11 is 0. The van der Waals surface area contributed by atoms with E-state index in [1.165, 1.54) is 14.0 Å². The van der Waals surface area contributed by atoms with Crippen molar-refractivity contribution in [1.82, 2.24) is 9.80 Å². The summed E-state index contributed by atoms with van der Waals surface area (Å²) in [4.78, 5) is 29.2. The summed E-state index contributed by atoms with van der Waals surface area (Å²) in [6, 6.07) is -1.05. The summed E-state index contributed by atoms with van der Waals surface area (Å²) in [5.74, 6) is -3.97. The summed E-state index contributed by atoms with van der Waals surface area (Å²) in [6.45, 7) is 18.1. The largest absolute Gasteiger partial charge is 1.00 e. The van der Waals surface area contributed by atoms with Crippen molar-refractivity contribution < 1.29 is 87.5 Å². The molecule has 0 aromatic carbocycles. The zero-order chi connectivity index (χ0) is 43.4. The maximum Gasteiger partial charge on any atom is 1.00 e. The van der Waals surface area contributed by atoms with Gasteiger partial charge in [0, 0.05) is 44.0 Å². The van der Waals surface area contributed by atoms with Crippen LogP contribution in [0, 0.1) is 17.8 Å². The van der Waals surface area contributed by atoms with Gasteiger partial charge in [0.05, 0.1) is 41.5 Å². The fraction of sp³-hybridized carbons (Fsp3) is 0.951. The van der Waals surface area contributed by atoms with Gasteiger partial charge in [-0.2, -0.15) is 0 Å². The number of cyclic esters (lactones) is 1. The van der Waals surface area contributed by atoms with Crippen molar-refractivity contribution in [2.75, 3.05) is 34.3 Å². The Labute approximate surface area is 358 Å². The molecule has 3 saturated heterocycles. The third-order valence-corrected chi connectivity index (χ3v) is 13.0. The number of likely N-dealkylation sites (N-methyl/N-ethyl adjacent to an activating group) is 2. The number of hydrogen-bond acceptors (Lipinski definition) is 16. The third kappa shape index (κ3) is 12.8. The zero-order valence-electron chi connectivity index (χ0n) is 37.6. The smallest absolute Gasteiger partial charge is 0.550 e. The Kier molecular flexibility index (Phi) is 20.1. The predicted molar refractivity (Wildman–Crippen MR) is 207 cm³/mol. The Hall–Kier alpha value is -0.943. The van der Waals surface area contributed by atoms with Crippen molar-refractivity contribution in [3.8, 4) is 0 Å². The Morgan fingerprint density at radius 1 is 1.00 bits per heavy atom. The fourth-order valence-corrected chi connectivity index (χ4v) is 9.30. The summed E-state index contributed by atoms with van der Waals surface area (Å²) in [5.41, 5.74) is -4.53. The molecule has 0 aliphatic carbocycles. The minimum atomic E-state index is -1.84. The second-order valence-corrected chi connectivity index (χ2v) is 18.2. The molecule has 0 spiro atoms. The Morgan fingerprint density at radius 2 is 1.62 bits per heavy atom. The van der Waals surface area contributed by atoms with Crippen LogP contribution in [0.2, 0.25) is 0 Å². The van der Waals surface area contributed by atoms with Gasteiger partial charge in [0.25, 0.3) is 0 Å². The average molecular weight is 827 g/mol. The number of nitrogens with zero attached hydrogens (tertiary/aromatic N) is 2. The number of carbonyl (C=O) groups excluding carboxylic acids is 2. The van der Waals surface area contributed by atoms with E-state index in [0.717, 1.165) is 0 Å². The number of hydrogen-bond donors (Lipinski definition) is 5. The number of carboxylic acid groups (broad SMARTS) is 1. The molecule has 0 amide bonds. The molecule has 3 aliphatic rings. The zero-order valence-corrected chi connectivity index (χ0v) is 37.6. The number of ether oxygens (including phenoxy) is 6. The number of esters is 1. The Balaban J connectivity index is 0.0000116. The van der Waals surface area contributed by atoms with Gasteiger partial charge >= 0.3 is 24.8 Å². The van der Waals surface area contributed by atoms with Crippen molar-refractivity contribution in [2.24, 2.45) is 17.8 Å². The molecule has 16 nitrogen and oxygen atoms in total. The number of aliphatic hydroxyl groups is 5. The van der Waals surface area contributed by atoms with Gasteiger partial charge in [0.2, 0.25) is 0 Å². The SMILES string of the molecule is CCC1OC(=O)C(C)C(OC2CC(C)(OC)C(O)C(C)O2)C(C)C(OC2OC(C)CC(N(C)CCCC(=O)[O-])C2O)C(C)(O)CC(C)CN(C)C(C)C(O)C1(C)O.[Li+]. The molecule has 5 N–H and O–H groups in total. The fourth-order valence-electron chi connectivity index (χ4n) is 9.30. The van der Waals surface area contributed by atoms with Crippen LogP contribution in [-0.4, -0.2) is 172 Å². The monoisotopic (exact) mass is 827 g/mol. The number of rotatable bonds is 11. The number of carboxylic acids is 1. The van der Waals surface area contributed by atoms with Crippen molar-refractivity contribution in [2.45, 2.75) is 198 Å². The molecule has 58 heavy (non-hydrogen) atoms. The van der Waals surface area contributed by atoms with Crippen LogP contribution in [0.15, 0.2) is 0 Å².